The van der Waals surface area contributed by atoms with Crippen molar-refractivity contribution in [1.82, 2.24) is 5.32 Å². The van der Waals surface area contributed by atoms with Crippen LogP contribution in [-0.2, 0) is 11.3 Å². The molecular weight excluding hydrogens is 418 g/mol. The second-order valence-electron chi connectivity index (χ2n) is 6.18. The van der Waals surface area contributed by atoms with E-state index in [1.807, 2.05) is 48.5 Å². The molecule has 0 unspecified atom stereocenters. The van der Waals surface area contributed by atoms with Gasteiger partial charge in [-0.3, -0.25) is 9.59 Å². The molecule has 0 aliphatic heterocycles. The van der Waals surface area contributed by atoms with Crippen LogP contribution in [0.15, 0.2) is 77.3 Å². The third kappa shape index (κ3) is 5.06. The fraction of sp³-hybridized carbons (Fsp3) is 0.0909. The quantitative estimate of drug-likeness (QED) is 0.545. The molecule has 2 amide bonds. The van der Waals surface area contributed by atoms with Gasteiger partial charge in [0.1, 0.15) is 0 Å². The summed E-state index contributed by atoms with van der Waals surface area (Å²) in [6, 6.07) is 22.4. The van der Waals surface area contributed by atoms with Crippen LogP contribution in [0.1, 0.15) is 15.9 Å². The van der Waals surface area contributed by atoms with E-state index in [4.69, 9.17) is 5.73 Å². The molecule has 3 rings (SSSR count). The maximum absolute atomic E-state index is 12.3. The zero-order valence-electron chi connectivity index (χ0n) is 15.1. The summed E-state index contributed by atoms with van der Waals surface area (Å²) in [5.41, 5.74) is 10.0. The van der Waals surface area contributed by atoms with Crippen LogP contribution in [-0.4, -0.2) is 18.4 Å². The van der Waals surface area contributed by atoms with Gasteiger partial charge in [0, 0.05) is 22.3 Å². The summed E-state index contributed by atoms with van der Waals surface area (Å²) < 4.78 is 0.927. The van der Waals surface area contributed by atoms with Gasteiger partial charge in [0.25, 0.3) is 5.91 Å². The van der Waals surface area contributed by atoms with Gasteiger partial charge in [0.2, 0.25) is 5.91 Å². The summed E-state index contributed by atoms with van der Waals surface area (Å²) in [7, 11) is 0. The first-order valence-corrected chi connectivity index (χ1v) is 9.58. The van der Waals surface area contributed by atoms with Gasteiger partial charge in [0.15, 0.2) is 0 Å². The molecular formula is C22H20BrN3O2. The van der Waals surface area contributed by atoms with Gasteiger partial charge in [0.05, 0.1) is 6.54 Å². The molecule has 5 nitrogen and oxygen atoms in total. The van der Waals surface area contributed by atoms with Gasteiger partial charge in [-0.25, -0.2) is 0 Å². The number of hydrogen-bond acceptors (Lipinski definition) is 3. The number of nitrogens with two attached hydrogens (primary N) is 1. The van der Waals surface area contributed by atoms with Crippen molar-refractivity contribution in [2.75, 3.05) is 11.9 Å². The lowest BCUT2D eigenvalue weighted by atomic mass is 9.98. The fourth-order valence-corrected chi connectivity index (χ4v) is 3.05. The van der Waals surface area contributed by atoms with Gasteiger partial charge < -0.3 is 16.4 Å². The molecule has 142 valence electrons. The first-order chi connectivity index (χ1) is 13.6. The Balaban J connectivity index is 1.58. The van der Waals surface area contributed by atoms with Crippen LogP contribution < -0.4 is 16.4 Å². The van der Waals surface area contributed by atoms with Crippen molar-refractivity contribution in [3.63, 3.8) is 0 Å². The van der Waals surface area contributed by atoms with E-state index in [-0.39, 0.29) is 18.4 Å². The fourth-order valence-electron chi connectivity index (χ4n) is 2.78. The van der Waals surface area contributed by atoms with E-state index < -0.39 is 0 Å². The third-order valence-electron chi connectivity index (χ3n) is 4.23. The Morgan fingerprint density at radius 2 is 1.57 bits per heavy atom. The molecule has 0 aliphatic rings. The normalized spacial score (nSPS) is 10.4. The lowest BCUT2D eigenvalue weighted by Gasteiger charge is -2.10. The second kappa shape index (κ2) is 9.30. The first-order valence-electron chi connectivity index (χ1n) is 8.79. The third-order valence-corrected chi connectivity index (χ3v) is 4.76. The summed E-state index contributed by atoms with van der Waals surface area (Å²) in [6.07, 6.45) is 0. The van der Waals surface area contributed by atoms with Gasteiger partial charge >= 0.3 is 0 Å². The molecule has 0 radical (unpaired) electrons. The van der Waals surface area contributed by atoms with E-state index >= 15 is 0 Å². The number of carbonyl (C=O) groups is 2. The highest BCUT2D eigenvalue weighted by Crippen LogP contribution is 2.23. The van der Waals surface area contributed by atoms with Crippen LogP contribution in [0.2, 0.25) is 0 Å². The van der Waals surface area contributed by atoms with Crippen LogP contribution in [0, 0.1) is 0 Å². The van der Waals surface area contributed by atoms with Gasteiger partial charge in [-0.1, -0.05) is 52.3 Å². The van der Waals surface area contributed by atoms with Gasteiger partial charge in [-0.15, -0.1) is 0 Å². The van der Waals surface area contributed by atoms with Crippen molar-refractivity contribution in [3.8, 4) is 11.1 Å². The van der Waals surface area contributed by atoms with Crippen molar-refractivity contribution in [2.45, 2.75) is 6.54 Å². The van der Waals surface area contributed by atoms with Gasteiger partial charge in [-0.2, -0.15) is 0 Å². The number of benzene rings is 3. The Bertz CT molecular complexity index is 970. The minimum Gasteiger partial charge on any atom is -0.343 e. The highest BCUT2D eigenvalue weighted by Gasteiger charge is 2.10. The summed E-state index contributed by atoms with van der Waals surface area (Å²) in [5.74, 6) is -0.589. The van der Waals surface area contributed by atoms with E-state index in [1.165, 1.54) is 0 Å². The molecule has 0 aliphatic carbocycles. The van der Waals surface area contributed by atoms with E-state index in [2.05, 4.69) is 26.6 Å². The molecule has 0 aromatic heterocycles. The number of rotatable bonds is 6. The van der Waals surface area contributed by atoms with E-state index in [0.29, 0.717) is 17.8 Å². The number of anilines is 1. The van der Waals surface area contributed by atoms with Crippen LogP contribution in [0.3, 0.4) is 0 Å². The lowest BCUT2D eigenvalue weighted by Crippen LogP contribution is -2.32. The van der Waals surface area contributed by atoms with Crippen LogP contribution in [0.4, 0.5) is 5.69 Å². The highest BCUT2D eigenvalue weighted by molar-refractivity contribution is 9.10. The largest absolute Gasteiger partial charge is 0.343 e. The van der Waals surface area contributed by atoms with Crippen LogP contribution in [0.25, 0.3) is 11.1 Å². The zero-order valence-corrected chi connectivity index (χ0v) is 16.7. The van der Waals surface area contributed by atoms with Crippen molar-refractivity contribution in [2.24, 2.45) is 5.73 Å². The molecule has 4 N–H and O–H groups in total. The Hall–Kier alpha value is -2.96. The maximum atomic E-state index is 12.3. The topological polar surface area (TPSA) is 84.2 Å². The van der Waals surface area contributed by atoms with Crippen molar-refractivity contribution < 1.29 is 9.59 Å². The number of hydrogen-bond donors (Lipinski definition) is 3. The number of halogens is 1. The smallest absolute Gasteiger partial charge is 0.251 e. The minimum atomic E-state index is -0.301. The van der Waals surface area contributed by atoms with E-state index in [1.54, 1.807) is 24.3 Å². The first kappa shape index (κ1) is 19.8. The van der Waals surface area contributed by atoms with Crippen molar-refractivity contribution >= 4 is 33.4 Å². The molecule has 0 bridgehead atoms. The molecule has 0 spiro atoms. The molecule has 0 fully saturated rings. The molecule has 0 saturated heterocycles. The summed E-state index contributed by atoms with van der Waals surface area (Å²) in [6.45, 7) is 0.346. The molecule has 6 heteroatoms. The summed E-state index contributed by atoms with van der Waals surface area (Å²) >= 11 is 3.34. The average molecular weight is 438 g/mol. The highest BCUT2D eigenvalue weighted by atomic mass is 79.9. The maximum Gasteiger partial charge on any atom is 0.251 e. The standard InChI is InChI=1S/C22H20BrN3O2/c23-18-9-11-19(12-10-18)26-21(27)14-25-22(28)16-7-5-15(6-8-16)20-4-2-1-3-17(20)13-24/h1-12H,13-14,24H2,(H,25,28)(H,26,27). The average Bonchev–Trinajstić information content (AvgIpc) is 2.73. The van der Waals surface area contributed by atoms with Crippen molar-refractivity contribution in [1.29, 1.82) is 0 Å². The molecule has 0 heterocycles. The number of nitrogens with one attached hydrogen (secondary N) is 2. The van der Waals surface area contributed by atoms with Gasteiger partial charge in [-0.05, 0) is 53.1 Å². The number of amides is 2. The Labute approximate surface area is 172 Å². The van der Waals surface area contributed by atoms with Crippen molar-refractivity contribution in [3.05, 3.63) is 88.4 Å². The predicted molar refractivity (Wildman–Crippen MR) is 115 cm³/mol. The molecule has 0 atom stereocenters. The number of carbonyl (C=O) groups excluding carboxylic acids is 2. The Morgan fingerprint density at radius 3 is 2.25 bits per heavy atom. The van der Waals surface area contributed by atoms with E-state index in [0.717, 1.165) is 21.2 Å². The lowest BCUT2D eigenvalue weighted by molar-refractivity contribution is -0.115. The molecule has 28 heavy (non-hydrogen) atoms. The second-order valence-corrected chi connectivity index (χ2v) is 7.09. The Morgan fingerprint density at radius 1 is 0.893 bits per heavy atom. The zero-order chi connectivity index (χ0) is 19.9. The predicted octanol–water partition coefficient (Wildman–Crippen LogP) is 3.94. The SMILES string of the molecule is NCc1ccccc1-c1ccc(C(=O)NCC(=O)Nc2ccc(Br)cc2)cc1. The molecule has 3 aromatic carbocycles. The molecule has 3 aromatic rings. The molecule has 0 saturated carbocycles. The minimum absolute atomic E-state index is 0.105. The monoisotopic (exact) mass is 437 g/mol. The summed E-state index contributed by atoms with van der Waals surface area (Å²) in [5, 5.41) is 5.36. The summed E-state index contributed by atoms with van der Waals surface area (Å²) in [4.78, 5) is 24.3. The van der Waals surface area contributed by atoms with E-state index in [9.17, 15) is 9.59 Å². The van der Waals surface area contributed by atoms with Crippen LogP contribution in [0.5, 0.6) is 0 Å². The Kier molecular flexibility index (Phi) is 6.57. The van der Waals surface area contributed by atoms with Crippen LogP contribution >= 0.6 is 15.9 Å².